The predicted octanol–water partition coefficient (Wildman–Crippen LogP) is 10.0. The molecule has 258 valence electrons. The maximum Gasteiger partial charge on any atom is 0.249 e. The third-order valence-corrected chi connectivity index (χ3v) is 8.50. The van der Waals surface area contributed by atoms with Gasteiger partial charge in [0.2, 0.25) is 5.91 Å². The summed E-state index contributed by atoms with van der Waals surface area (Å²) in [6, 6.07) is -0.797. The Labute approximate surface area is 273 Å². The van der Waals surface area contributed by atoms with Crippen molar-refractivity contribution in [1.29, 1.82) is 0 Å². The molecule has 0 saturated heterocycles. The summed E-state index contributed by atoms with van der Waals surface area (Å²) in [6.45, 7) is 4.12. The van der Waals surface area contributed by atoms with Crippen molar-refractivity contribution in [2.75, 3.05) is 6.61 Å². The Morgan fingerprint density at radius 2 is 0.955 bits per heavy atom. The molecule has 0 fully saturated rings. The fourth-order valence-electron chi connectivity index (χ4n) is 5.47. The Morgan fingerprint density at radius 3 is 1.43 bits per heavy atom. The largest absolute Gasteiger partial charge is 0.394 e. The van der Waals surface area contributed by atoms with Crippen LogP contribution >= 0.6 is 0 Å². The molecule has 0 aromatic heterocycles. The highest BCUT2D eigenvalue weighted by atomic mass is 16.3. The molecule has 0 aromatic rings. The second-order valence-electron chi connectivity index (χ2n) is 12.8. The van der Waals surface area contributed by atoms with Gasteiger partial charge in [-0.15, -0.1) is 0 Å². The van der Waals surface area contributed by atoms with E-state index in [1.807, 2.05) is 6.08 Å². The zero-order valence-corrected chi connectivity index (χ0v) is 29.0. The van der Waals surface area contributed by atoms with Crippen LogP contribution in [0.15, 0.2) is 36.5 Å². The third-order valence-electron chi connectivity index (χ3n) is 8.50. The van der Waals surface area contributed by atoms with Crippen LogP contribution in [0.25, 0.3) is 0 Å². The molecule has 0 radical (unpaired) electrons. The number of amides is 1. The normalized spacial score (nSPS) is 14.2. The summed E-state index contributed by atoms with van der Waals surface area (Å²) >= 11 is 0. The van der Waals surface area contributed by atoms with Crippen molar-refractivity contribution in [3.05, 3.63) is 36.5 Å². The summed E-state index contributed by atoms with van der Waals surface area (Å²) in [5.74, 6) is -0.510. The van der Waals surface area contributed by atoms with Crippen molar-refractivity contribution in [1.82, 2.24) is 5.32 Å². The van der Waals surface area contributed by atoms with Crippen LogP contribution in [0.2, 0.25) is 0 Å². The Hall–Kier alpha value is -1.43. The molecule has 0 rings (SSSR count). The molecule has 4 N–H and O–H groups in total. The predicted molar refractivity (Wildman–Crippen MR) is 190 cm³/mol. The highest BCUT2D eigenvalue weighted by molar-refractivity contribution is 5.80. The van der Waals surface area contributed by atoms with E-state index in [9.17, 15) is 20.1 Å². The standard InChI is InChI=1S/C39H73NO4/c1-3-5-7-9-11-13-15-17-18-19-20-21-22-24-26-28-30-32-34-38(43)39(44)40-36(35-41)37(42)33-31-29-27-25-23-16-14-12-10-8-6-4-2/h11,13,15,17,31,33,36-38,41-43H,3-10,12,14,16,18-30,32,34-35H2,1-2H3,(H,40,44)/b13-11-,17-15-,33-31+. The van der Waals surface area contributed by atoms with Crippen LogP contribution in [-0.4, -0.2) is 46.1 Å². The Morgan fingerprint density at radius 1 is 0.568 bits per heavy atom. The second-order valence-corrected chi connectivity index (χ2v) is 12.8. The van der Waals surface area contributed by atoms with Gasteiger partial charge in [-0.05, 0) is 44.9 Å². The van der Waals surface area contributed by atoms with Crippen molar-refractivity contribution in [2.24, 2.45) is 0 Å². The first-order chi connectivity index (χ1) is 21.6. The summed E-state index contributed by atoms with van der Waals surface area (Å²) in [7, 11) is 0. The van der Waals surface area contributed by atoms with Crippen LogP contribution in [0.1, 0.15) is 181 Å². The van der Waals surface area contributed by atoms with Crippen LogP contribution in [0.5, 0.6) is 0 Å². The average molecular weight is 620 g/mol. The van der Waals surface area contributed by atoms with Crippen LogP contribution in [0.4, 0.5) is 0 Å². The molecule has 0 heterocycles. The molecule has 1 amide bonds. The molecule has 44 heavy (non-hydrogen) atoms. The molecule has 0 aliphatic carbocycles. The highest BCUT2D eigenvalue weighted by Gasteiger charge is 2.22. The first-order valence-corrected chi connectivity index (χ1v) is 18.8. The zero-order chi connectivity index (χ0) is 32.4. The van der Waals surface area contributed by atoms with Crippen molar-refractivity contribution in [2.45, 2.75) is 199 Å². The molecule has 0 bridgehead atoms. The number of unbranched alkanes of at least 4 members (excludes halogenated alkanes) is 22. The number of aliphatic hydroxyl groups is 3. The number of carbonyl (C=O) groups excluding carboxylic acids is 1. The second kappa shape index (κ2) is 34.4. The van der Waals surface area contributed by atoms with E-state index in [2.05, 4.69) is 43.5 Å². The highest BCUT2D eigenvalue weighted by Crippen LogP contribution is 2.14. The number of allylic oxidation sites excluding steroid dienone is 5. The van der Waals surface area contributed by atoms with Gasteiger partial charge in [-0.2, -0.15) is 0 Å². The lowest BCUT2D eigenvalue weighted by Crippen LogP contribution is -2.48. The summed E-state index contributed by atoms with van der Waals surface area (Å²) in [4.78, 5) is 12.4. The number of nitrogens with one attached hydrogen (secondary N) is 1. The van der Waals surface area contributed by atoms with E-state index in [1.54, 1.807) is 6.08 Å². The van der Waals surface area contributed by atoms with Crippen LogP contribution < -0.4 is 5.32 Å². The number of aliphatic hydroxyl groups excluding tert-OH is 3. The lowest BCUT2D eigenvalue weighted by Gasteiger charge is -2.21. The Bertz CT molecular complexity index is 690. The quantitative estimate of drug-likeness (QED) is 0.0334. The van der Waals surface area contributed by atoms with Gasteiger partial charge in [-0.1, -0.05) is 172 Å². The molecular weight excluding hydrogens is 546 g/mol. The van der Waals surface area contributed by atoms with E-state index in [0.717, 1.165) is 32.1 Å². The minimum atomic E-state index is -1.10. The van der Waals surface area contributed by atoms with Crippen LogP contribution in [-0.2, 0) is 4.79 Å². The summed E-state index contributed by atoms with van der Waals surface area (Å²) in [5.41, 5.74) is 0. The number of hydrogen-bond donors (Lipinski definition) is 4. The van der Waals surface area contributed by atoms with E-state index < -0.39 is 24.2 Å². The number of hydrogen-bond acceptors (Lipinski definition) is 4. The molecular formula is C39H73NO4. The van der Waals surface area contributed by atoms with E-state index >= 15 is 0 Å². The van der Waals surface area contributed by atoms with Crippen LogP contribution in [0.3, 0.4) is 0 Å². The SMILES string of the molecule is CCCCC/C=C\C=C/CCCCCCCCCCCC(O)C(=O)NC(CO)C(O)/C=C/CCCCCCCCCCCC. The zero-order valence-electron chi connectivity index (χ0n) is 29.0. The molecule has 0 aliphatic heterocycles. The summed E-state index contributed by atoms with van der Waals surface area (Å²) < 4.78 is 0. The fourth-order valence-corrected chi connectivity index (χ4v) is 5.47. The third kappa shape index (κ3) is 29.3. The van der Waals surface area contributed by atoms with Crippen molar-refractivity contribution >= 4 is 5.91 Å². The minimum Gasteiger partial charge on any atom is -0.394 e. The van der Waals surface area contributed by atoms with Gasteiger partial charge in [0.05, 0.1) is 18.8 Å². The molecule has 3 unspecified atom stereocenters. The molecule has 5 heteroatoms. The van der Waals surface area contributed by atoms with Crippen LogP contribution in [0, 0.1) is 0 Å². The van der Waals surface area contributed by atoms with Crippen molar-refractivity contribution in [3.8, 4) is 0 Å². The Balaban J connectivity index is 3.74. The number of rotatable bonds is 33. The van der Waals surface area contributed by atoms with Gasteiger partial charge >= 0.3 is 0 Å². The van der Waals surface area contributed by atoms with Gasteiger partial charge in [0.1, 0.15) is 6.10 Å². The van der Waals surface area contributed by atoms with Gasteiger partial charge in [0.25, 0.3) is 0 Å². The van der Waals surface area contributed by atoms with Crippen molar-refractivity contribution < 1.29 is 20.1 Å². The minimum absolute atomic E-state index is 0.366. The van der Waals surface area contributed by atoms with Gasteiger partial charge < -0.3 is 20.6 Å². The molecule has 3 atom stereocenters. The molecule has 5 nitrogen and oxygen atoms in total. The van der Waals surface area contributed by atoms with Gasteiger partial charge in [0.15, 0.2) is 0 Å². The van der Waals surface area contributed by atoms with Gasteiger partial charge in [-0.25, -0.2) is 0 Å². The topological polar surface area (TPSA) is 89.8 Å². The summed E-state index contributed by atoms with van der Waals surface area (Å²) in [6.07, 6.45) is 41.5. The molecule has 0 spiro atoms. The van der Waals surface area contributed by atoms with E-state index in [0.29, 0.717) is 6.42 Å². The molecule has 0 saturated carbocycles. The van der Waals surface area contributed by atoms with E-state index in [4.69, 9.17) is 0 Å². The fraction of sp³-hybridized carbons (Fsp3) is 0.821. The molecule has 0 aromatic carbocycles. The maximum absolute atomic E-state index is 12.4. The molecule has 0 aliphatic rings. The van der Waals surface area contributed by atoms with Crippen molar-refractivity contribution in [3.63, 3.8) is 0 Å². The summed E-state index contributed by atoms with van der Waals surface area (Å²) in [5, 5.41) is 32.9. The lowest BCUT2D eigenvalue weighted by molar-refractivity contribution is -0.131. The van der Waals surface area contributed by atoms with E-state index in [-0.39, 0.29) is 6.61 Å². The smallest absolute Gasteiger partial charge is 0.249 e. The van der Waals surface area contributed by atoms with Gasteiger partial charge in [0, 0.05) is 0 Å². The van der Waals surface area contributed by atoms with Gasteiger partial charge in [-0.3, -0.25) is 4.79 Å². The first-order valence-electron chi connectivity index (χ1n) is 18.8. The number of carbonyl (C=O) groups is 1. The maximum atomic E-state index is 12.4. The Kier molecular flexibility index (Phi) is 33.3. The first kappa shape index (κ1) is 42.6. The van der Waals surface area contributed by atoms with E-state index in [1.165, 1.54) is 128 Å². The average Bonchev–Trinajstić information content (AvgIpc) is 3.03. The monoisotopic (exact) mass is 620 g/mol. The lowest BCUT2D eigenvalue weighted by atomic mass is 10.0.